The summed E-state index contributed by atoms with van der Waals surface area (Å²) in [5, 5.41) is 8.14. The molecule has 0 saturated carbocycles. The average Bonchev–Trinajstić information content (AvgIpc) is 2.85. The fraction of sp³-hybridized carbons (Fsp3) is 0.571. The van der Waals surface area contributed by atoms with Crippen LogP contribution in [0.15, 0.2) is 0 Å². The maximum Gasteiger partial charge on any atom is 0.407 e. The van der Waals surface area contributed by atoms with Crippen molar-refractivity contribution in [1.82, 2.24) is 20.9 Å². The number of carbonyl (C=O) groups is 3. The fourth-order valence-electron chi connectivity index (χ4n) is 2.30. The number of carbonyl (C=O) groups excluding carboxylic acids is 3. The summed E-state index contributed by atoms with van der Waals surface area (Å²) in [6, 6.07) is -0.605. The van der Waals surface area contributed by atoms with Crippen LogP contribution in [-0.4, -0.2) is 35.2 Å². The molecule has 0 bridgehead atoms. The highest BCUT2D eigenvalue weighted by atomic mass is 32.1. The van der Waals surface area contributed by atoms with E-state index in [9.17, 15) is 14.4 Å². The lowest BCUT2D eigenvalue weighted by molar-refractivity contribution is -0.124. The van der Waals surface area contributed by atoms with E-state index in [1.165, 1.54) is 11.3 Å². The van der Waals surface area contributed by atoms with Crippen LogP contribution in [0.2, 0.25) is 0 Å². The zero-order valence-electron chi connectivity index (χ0n) is 13.7. The predicted octanol–water partition coefficient (Wildman–Crippen LogP) is 1.32. The number of nitrogens with zero attached hydrogens (tertiary/aromatic N) is 1. The van der Waals surface area contributed by atoms with Gasteiger partial charge in [-0.1, -0.05) is 0 Å². The third-order valence-corrected chi connectivity index (χ3v) is 4.36. The maximum absolute atomic E-state index is 12.4. The van der Waals surface area contributed by atoms with Crippen molar-refractivity contribution < 1.29 is 19.1 Å². The molecule has 2 rings (SSSR count). The van der Waals surface area contributed by atoms with Gasteiger partial charge in [-0.15, -0.1) is 11.3 Å². The Balaban J connectivity index is 2.26. The number of amides is 4. The first-order chi connectivity index (χ1) is 10.5. The standard InChI is InChI=1S/C14H20N4O4S/c1-7-9(23-8(2)16-7)14(10(19)17-11(20)18-14)6-15-12(21)22-13(3,4)5/h6H2,1-5H3,(H,15,21)(H2,17,18,19,20). The number of hydrogen-bond donors (Lipinski definition) is 3. The van der Waals surface area contributed by atoms with Crippen molar-refractivity contribution in [2.75, 3.05) is 6.54 Å². The summed E-state index contributed by atoms with van der Waals surface area (Å²) in [5.41, 5.74) is -1.39. The van der Waals surface area contributed by atoms with Gasteiger partial charge in [0, 0.05) is 0 Å². The molecule has 8 nitrogen and oxygen atoms in total. The van der Waals surface area contributed by atoms with E-state index in [1.807, 2.05) is 6.92 Å². The van der Waals surface area contributed by atoms with Crippen LogP contribution < -0.4 is 16.0 Å². The van der Waals surface area contributed by atoms with Gasteiger partial charge in [0.2, 0.25) is 0 Å². The van der Waals surface area contributed by atoms with E-state index in [2.05, 4.69) is 20.9 Å². The van der Waals surface area contributed by atoms with Gasteiger partial charge in [-0.05, 0) is 34.6 Å². The van der Waals surface area contributed by atoms with E-state index in [0.717, 1.165) is 5.01 Å². The second-order valence-electron chi connectivity index (χ2n) is 6.32. The van der Waals surface area contributed by atoms with Crippen LogP contribution in [0.3, 0.4) is 0 Å². The average molecular weight is 340 g/mol. The van der Waals surface area contributed by atoms with Crippen molar-refractivity contribution in [3.05, 3.63) is 15.6 Å². The summed E-state index contributed by atoms with van der Waals surface area (Å²) in [7, 11) is 0. The number of alkyl carbamates (subject to hydrolysis) is 1. The van der Waals surface area contributed by atoms with Crippen LogP contribution in [0.25, 0.3) is 0 Å². The van der Waals surface area contributed by atoms with Gasteiger partial charge in [-0.2, -0.15) is 0 Å². The molecule has 126 valence electrons. The summed E-state index contributed by atoms with van der Waals surface area (Å²) < 4.78 is 5.17. The molecule has 1 aromatic heterocycles. The number of urea groups is 1. The Morgan fingerprint density at radius 2 is 2.00 bits per heavy atom. The van der Waals surface area contributed by atoms with E-state index in [1.54, 1.807) is 27.7 Å². The first kappa shape index (κ1) is 17.2. The summed E-state index contributed by atoms with van der Waals surface area (Å²) in [6.45, 7) is 8.66. The van der Waals surface area contributed by atoms with Gasteiger partial charge in [-0.3, -0.25) is 10.1 Å². The first-order valence-electron chi connectivity index (χ1n) is 7.08. The third-order valence-electron chi connectivity index (χ3n) is 3.13. The lowest BCUT2D eigenvalue weighted by Crippen LogP contribution is -2.53. The molecule has 1 aromatic rings. The van der Waals surface area contributed by atoms with E-state index in [4.69, 9.17) is 4.74 Å². The normalized spacial score (nSPS) is 20.9. The number of ether oxygens (including phenoxy) is 1. The van der Waals surface area contributed by atoms with Crippen LogP contribution in [0.4, 0.5) is 9.59 Å². The molecule has 1 aliphatic heterocycles. The first-order valence-corrected chi connectivity index (χ1v) is 7.90. The van der Waals surface area contributed by atoms with Crippen LogP contribution in [0.5, 0.6) is 0 Å². The number of rotatable bonds is 3. The van der Waals surface area contributed by atoms with Gasteiger partial charge in [-0.25, -0.2) is 14.6 Å². The summed E-state index contributed by atoms with van der Waals surface area (Å²) in [5.74, 6) is -0.523. The minimum atomic E-state index is -1.37. The van der Waals surface area contributed by atoms with E-state index in [-0.39, 0.29) is 6.54 Å². The van der Waals surface area contributed by atoms with Gasteiger partial charge < -0.3 is 15.4 Å². The maximum atomic E-state index is 12.4. The zero-order valence-corrected chi connectivity index (χ0v) is 14.5. The molecular weight excluding hydrogens is 320 g/mol. The molecule has 9 heteroatoms. The summed E-state index contributed by atoms with van der Waals surface area (Å²) in [6.07, 6.45) is -0.662. The Kier molecular flexibility index (Phi) is 4.34. The minimum absolute atomic E-state index is 0.123. The lowest BCUT2D eigenvalue weighted by atomic mass is 9.96. The second-order valence-corrected chi connectivity index (χ2v) is 7.52. The zero-order chi connectivity index (χ0) is 17.4. The SMILES string of the molecule is Cc1nc(C)c(C2(CNC(=O)OC(C)(C)C)NC(=O)NC2=O)s1. The number of thiazole rings is 1. The van der Waals surface area contributed by atoms with Gasteiger partial charge in [0.05, 0.1) is 22.1 Å². The molecule has 3 N–H and O–H groups in total. The Hall–Kier alpha value is -2.16. The Labute approximate surface area is 138 Å². The highest BCUT2D eigenvalue weighted by Crippen LogP contribution is 2.32. The molecule has 1 aliphatic rings. The van der Waals surface area contributed by atoms with Crippen LogP contribution in [-0.2, 0) is 15.1 Å². The van der Waals surface area contributed by atoms with Crippen molar-refractivity contribution in [2.45, 2.75) is 45.8 Å². The topological polar surface area (TPSA) is 109 Å². The molecule has 4 amide bonds. The molecule has 0 aromatic carbocycles. The van der Waals surface area contributed by atoms with Crippen molar-refractivity contribution >= 4 is 29.4 Å². The highest BCUT2D eigenvalue weighted by Gasteiger charge is 2.50. The van der Waals surface area contributed by atoms with Gasteiger partial charge in [0.1, 0.15) is 5.60 Å². The molecule has 1 atom stereocenters. The van der Waals surface area contributed by atoms with E-state index >= 15 is 0 Å². The fourth-order valence-corrected chi connectivity index (χ4v) is 3.36. The van der Waals surface area contributed by atoms with Gasteiger partial charge in [0.25, 0.3) is 5.91 Å². The number of aryl methyl sites for hydroxylation is 2. The highest BCUT2D eigenvalue weighted by molar-refractivity contribution is 7.12. The molecule has 0 radical (unpaired) electrons. The lowest BCUT2D eigenvalue weighted by Gasteiger charge is -2.27. The summed E-state index contributed by atoms with van der Waals surface area (Å²) in [4.78, 5) is 40.7. The molecule has 2 heterocycles. The number of hydrogen-bond acceptors (Lipinski definition) is 6. The third kappa shape index (κ3) is 3.61. The molecule has 0 aliphatic carbocycles. The monoisotopic (exact) mass is 340 g/mol. The van der Waals surface area contributed by atoms with E-state index in [0.29, 0.717) is 10.6 Å². The Morgan fingerprint density at radius 3 is 2.43 bits per heavy atom. The van der Waals surface area contributed by atoms with Crippen molar-refractivity contribution in [3.8, 4) is 0 Å². The number of imide groups is 1. The molecule has 1 unspecified atom stereocenters. The molecular formula is C14H20N4O4S. The van der Waals surface area contributed by atoms with Crippen molar-refractivity contribution in [3.63, 3.8) is 0 Å². The molecule has 23 heavy (non-hydrogen) atoms. The van der Waals surface area contributed by atoms with Gasteiger partial charge >= 0.3 is 12.1 Å². The smallest absolute Gasteiger partial charge is 0.407 e. The van der Waals surface area contributed by atoms with Crippen molar-refractivity contribution in [2.24, 2.45) is 0 Å². The van der Waals surface area contributed by atoms with Gasteiger partial charge in [0.15, 0.2) is 5.54 Å². The Morgan fingerprint density at radius 1 is 1.35 bits per heavy atom. The number of nitrogens with one attached hydrogen (secondary N) is 3. The van der Waals surface area contributed by atoms with E-state index < -0.39 is 29.2 Å². The predicted molar refractivity (Wildman–Crippen MR) is 84.2 cm³/mol. The minimum Gasteiger partial charge on any atom is -0.444 e. The molecule has 1 saturated heterocycles. The largest absolute Gasteiger partial charge is 0.444 e. The Bertz CT molecular complexity index is 664. The molecule has 1 fully saturated rings. The van der Waals surface area contributed by atoms with Crippen molar-refractivity contribution in [1.29, 1.82) is 0 Å². The second kappa shape index (κ2) is 5.80. The summed E-state index contributed by atoms with van der Waals surface area (Å²) >= 11 is 1.30. The van der Waals surface area contributed by atoms with Crippen LogP contribution in [0.1, 0.15) is 36.3 Å². The van der Waals surface area contributed by atoms with Crippen LogP contribution >= 0.6 is 11.3 Å². The number of aromatic nitrogens is 1. The quantitative estimate of drug-likeness (QED) is 0.719. The van der Waals surface area contributed by atoms with Crippen LogP contribution in [0, 0.1) is 13.8 Å². The molecule has 0 spiro atoms.